The largest absolute Gasteiger partial charge is 0.489 e. The number of nitrogens with one attached hydrogen (secondary N) is 3. The van der Waals surface area contributed by atoms with Crippen LogP contribution in [0.1, 0.15) is 35.5 Å². The second kappa shape index (κ2) is 12.8. The molecule has 1 aliphatic heterocycles. The minimum Gasteiger partial charge on any atom is -0.489 e. The van der Waals surface area contributed by atoms with Crippen molar-refractivity contribution in [3.8, 4) is 11.5 Å². The van der Waals surface area contributed by atoms with Crippen LogP contribution in [0.15, 0.2) is 53.5 Å². The first kappa shape index (κ1) is 28.7. The molecule has 1 amide bonds. The standard InChI is InChI=1S/C30H31Cl2N5O4/c1-3-40-27-19(30(39)37-14-12-33-13-15-37)8-9-24(28(27)41-4-2)36-25-17-18(16-20-21(31)6-5-7-22(20)32)35-23-10-11-34-29(38)26(23)25/h5-11,17,33H,3-4,12-16H2,1-2H3,(H,34,38)(H,35,36). The minimum atomic E-state index is -0.298. The number of hydrogen-bond acceptors (Lipinski definition) is 7. The van der Waals surface area contributed by atoms with Crippen LogP contribution in [-0.4, -0.2) is 60.2 Å². The number of H-pyrrole nitrogens is 1. The topological polar surface area (TPSA) is 109 Å². The molecule has 1 fully saturated rings. The predicted molar refractivity (Wildman–Crippen MR) is 162 cm³/mol. The van der Waals surface area contributed by atoms with E-state index in [1.54, 1.807) is 53.6 Å². The summed E-state index contributed by atoms with van der Waals surface area (Å²) in [6.45, 7) is 7.09. The Hall–Kier alpha value is -3.79. The Morgan fingerprint density at radius 2 is 1.71 bits per heavy atom. The van der Waals surface area contributed by atoms with E-state index in [1.807, 2.05) is 13.8 Å². The number of benzene rings is 2. The van der Waals surface area contributed by atoms with E-state index in [9.17, 15) is 9.59 Å². The lowest BCUT2D eigenvalue weighted by molar-refractivity contribution is 0.0730. The van der Waals surface area contributed by atoms with Crippen molar-refractivity contribution in [3.05, 3.63) is 85.9 Å². The third kappa shape index (κ3) is 6.12. The van der Waals surface area contributed by atoms with Gasteiger partial charge in [-0.05, 0) is 55.8 Å². The number of anilines is 2. The van der Waals surface area contributed by atoms with Crippen molar-refractivity contribution >= 4 is 51.4 Å². The van der Waals surface area contributed by atoms with Crippen LogP contribution in [0.2, 0.25) is 10.0 Å². The molecule has 2 aromatic carbocycles. The van der Waals surface area contributed by atoms with Gasteiger partial charge in [-0.2, -0.15) is 0 Å². The molecule has 3 heterocycles. The van der Waals surface area contributed by atoms with Gasteiger partial charge in [0.05, 0.1) is 41.1 Å². The highest BCUT2D eigenvalue weighted by Crippen LogP contribution is 2.41. The normalized spacial score (nSPS) is 13.3. The lowest BCUT2D eigenvalue weighted by Gasteiger charge is -2.28. The molecule has 9 nitrogen and oxygen atoms in total. The van der Waals surface area contributed by atoms with E-state index < -0.39 is 0 Å². The van der Waals surface area contributed by atoms with Gasteiger partial charge >= 0.3 is 0 Å². The third-order valence-corrected chi connectivity index (χ3v) is 7.50. The second-order valence-electron chi connectivity index (χ2n) is 9.46. The predicted octanol–water partition coefficient (Wildman–Crippen LogP) is 5.41. The highest BCUT2D eigenvalue weighted by molar-refractivity contribution is 6.36. The zero-order valence-corrected chi connectivity index (χ0v) is 24.4. The molecular formula is C30H31Cl2N5O4. The average molecular weight is 597 g/mol. The fourth-order valence-corrected chi connectivity index (χ4v) is 5.44. The van der Waals surface area contributed by atoms with Crippen molar-refractivity contribution in [2.45, 2.75) is 20.3 Å². The zero-order valence-electron chi connectivity index (χ0n) is 22.9. The molecule has 41 heavy (non-hydrogen) atoms. The Morgan fingerprint density at radius 3 is 2.41 bits per heavy atom. The van der Waals surface area contributed by atoms with Crippen LogP contribution in [0.3, 0.4) is 0 Å². The number of carbonyl (C=O) groups is 1. The number of rotatable bonds is 9. The summed E-state index contributed by atoms with van der Waals surface area (Å²) in [4.78, 5) is 35.7. The summed E-state index contributed by atoms with van der Waals surface area (Å²) >= 11 is 12.9. The molecule has 0 saturated carbocycles. The van der Waals surface area contributed by atoms with Gasteiger partial charge in [-0.15, -0.1) is 0 Å². The van der Waals surface area contributed by atoms with Crippen LogP contribution in [-0.2, 0) is 6.42 Å². The maximum atomic E-state index is 13.5. The van der Waals surface area contributed by atoms with Crippen LogP contribution in [0.25, 0.3) is 10.9 Å². The van der Waals surface area contributed by atoms with Crippen LogP contribution in [0.4, 0.5) is 11.4 Å². The number of aromatic amines is 1. The molecule has 1 saturated heterocycles. The second-order valence-corrected chi connectivity index (χ2v) is 10.3. The summed E-state index contributed by atoms with van der Waals surface area (Å²) in [6.07, 6.45) is 1.92. The maximum Gasteiger partial charge on any atom is 0.259 e. The van der Waals surface area contributed by atoms with Gasteiger partial charge < -0.3 is 30.0 Å². The number of piperazine rings is 1. The smallest absolute Gasteiger partial charge is 0.259 e. The number of pyridine rings is 2. The van der Waals surface area contributed by atoms with Gasteiger partial charge in [-0.25, -0.2) is 0 Å². The maximum absolute atomic E-state index is 13.5. The Kier molecular flexibility index (Phi) is 8.97. The van der Waals surface area contributed by atoms with Gasteiger partial charge in [-0.1, -0.05) is 29.3 Å². The van der Waals surface area contributed by atoms with E-state index in [2.05, 4.69) is 15.6 Å². The lowest BCUT2D eigenvalue weighted by atomic mass is 10.1. The van der Waals surface area contributed by atoms with Gasteiger partial charge in [0.25, 0.3) is 11.5 Å². The highest BCUT2D eigenvalue weighted by Gasteiger charge is 2.26. The average Bonchev–Trinajstić information content (AvgIpc) is 2.97. The lowest BCUT2D eigenvalue weighted by Crippen LogP contribution is -2.46. The van der Waals surface area contributed by atoms with Crippen molar-refractivity contribution in [3.63, 3.8) is 0 Å². The van der Waals surface area contributed by atoms with Gasteiger partial charge in [0.2, 0.25) is 0 Å². The van der Waals surface area contributed by atoms with Crippen LogP contribution in [0, 0.1) is 0 Å². The number of fused-ring (bicyclic) bond motifs is 1. The Bertz CT molecular complexity index is 1620. The van der Waals surface area contributed by atoms with Gasteiger partial charge in [0, 0.05) is 54.5 Å². The first-order valence-corrected chi connectivity index (χ1v) is 14.3. The number of ether oxygens (including phenoxy) is 2. The molecule has 3 N–H and O–H groups in total. The monoisotopic (exact) mass is 595 g/mol. The number of aromatic nitrogens is 2. The van der Waals surface area contributed by atoms with Crippen LogP contribution < -0.4 is 25.7 Å². The van der Waals surface area contributed by atoms with Gasteiger partial charge in [-0.3, -0.25) is 14.6 Å². The molecule has 0 unspecified atom stereocenters. The molecule has 11 heteroatoms. The Labute approximate surface area is 247 Å². The van der Waals surface area contributed by atoms with E-state index in [4.69, 9.17) is 37.7 Å². The molecule has 4 aromatic rings. The highest BCUT2D eigenvalue weighted by atomic mass is 35.5. The SMILES string of the molecule is CCOc1c(Nc2cc(Cc3c(Cl)cccc3Cl)nc3cc[nH]c(=O)c23)ccc(C(=O)N2CCNCC2)c1OCC. The van der Waals surface area contributed by atoms with E-state index in [-0.39, 0.29) is 11.5 Å². The molecule has 0 aliphatic carbocycles. The molecule has 2 aromatic heterocycles. The van der Waals surface area contributed by atoms with Crippen molar-refractivity contribution in [1.82, 2.24) is 20.2 Å². The molecule has 5 rings (SSSR count). The first-order chi connectivity index (χ1) is 19.9. The van der Waals surface area contributed by atoms with Crippen molar-refractivity contribution in [2.24, 2.45) is 0 Å². The van der Waals surface area contributed by atoms with Crippen molar-refractivity contribution in [2.75, 3.05) is 44.7 Å². The summed E-state index contributed by atoms with van der Waals surface area (Å²) in [6, 6.07) is 12.4. The number of amides is 1. The molecule has 214 valence electrons. The fraction of sp³-hybridized carbons (Fsp3) is 0.300. The van der Waals surface area contributed by atoms with E-state index in [1.165, 1.54) is 0 Å². The summed E-state index contributed by atoms with van der Waals surface area (Å²) in [7, 11) is 0. The Balaban J connectivity index is 1.61. The van der Waals surface area contributed by atoms with Crippen molar-refractivity contribution in [1.29, 1.82) is 0 Å². The van der Waals surface area contributed by atoms with Gasteiger partial charge in [0.1, 0.15) is 0 Å². The molecule has 0 bridgehead atoms. The van der Waals surface area contributed by atoms with E-state index in [0.29, 0.717) is 87.8 Å². The van der Waals surface area contributed by atoms with Crippen LogP contribution in [0.5, 0.6) is 11.5 Å². The number of halogens is 2. The molecule has 1 aliphatic rings. The molecule has 0 radical (unpaired) electrons. The summed E-state index contributed by atoms with van der Waals surface area (Å²) in [5.74, 6) is 0.633. The number of carbonyl (C=O) groups excluding carboxylic acids is 1. The fourth-order valence-electron chi connectivity index (χ4n) is 4.91. The number of hydrogen-bond donors (Lipinski definition) is 3. The van der Waals surface area contributed by atoms with E-state index >= 15 is 0 Å². The zero-order chi connectivity index (χ0) is 28.9. The molecular weight excluding hydrogens is 565 g/mol. The van der Waals surface area contributed by atoms with Crippen LogP contribution >= 0.6 is 23.2 Å². The first-order valence-electron chi connectivity index (χ1n) is 13.5. The minimum absolute atomic E-state index is 0.118. The Morgan fingerprint density at radius 1 is 1.00 bits per heavy atom. The molecule has 0 spiro atoms. The summed E-state index contributed by atoms with van der Waals surface area (Å²) in [5.41, 5.74) is 3.09. The van der Waals surface area contributed by atoms with E-state index in [0.717, 1.165) is 18.7 Å². The molecule has 0 atom stereocenters. The summed E-state index contributed by atoms with van der Waals surface area (Å²) in [5, 5.41) is 8.08. The third-order valence-electron chi connectivity index (χ3n) is 6.80. The number of nitrogens with zero attached hydrogens (tertiary/aromatic N) is 2. The quantitative estimate of drug-likeness (QED) is 0.237. The summed E-state index contributed by atoms with van der Waals surface area (Å²) < 4.78 is 12.1. The van der Waals surface area contributed by atoms with Gasteiger partial charge in [0.15, 0.2) is 11.5 Å². The van der Waals surface area contributed by atoms with Crippen molar-refractivity contribution < 1.29 is 14.3 Å².